The van der Waals surface area contributed by atoms with Gasteiger partial charge >= 0.3 is 0 Å². The van der Waals surface area contributed by atoms with E-state index in [1.54, 1.807) is 6.07 Å². The summed E-state index contributed by atoms with van der Waals surface area (Å²) in [4.78, 5) is 11.9. The van der Waals surface area contributed by atoms with E-state index in [4.69, 9.17) is 5.26 Å². The van der Waals surface area contributed by atoms with Crippen LogP contribution in [0.25, 0.3) is 0 Å². The van der Waals surface area contributed by atoms with Gasteiger partial charge in [0.25, 0.3) is 5.91 Å². The molecule has 23 heavy (non-hydrogen) atoms. The number of hydrogen-bond donors (Lipinski definition) is 3. The number of nitrogens with zero attached hydrogens (tertiary/aromatic N) is 1. The molecule has 0 aromatic heterocycles. The van der Waals surface area contributed by atoms with Crippen LogP contribution in [0.3, 0.4) is 0 Å². The molecule has 2 rings (SSSR count). The molecule has 0 bridgehead atoms. The maximum absolute atomic E-state index is 13.5. The molecule has 2 aromatic carbocycles. The molecule has 0 aliphatic carbocycles. The molecular formula is C16H11F2N3O2. The van der Waals surface area contributed by atoms with Crippen molar-refractivity contribution < 1.29 is 18.7 Å². The molecule has 0 saturated carbocycles. The Bertz CT molecular complexity index is 813. The summed E-state index contributed by atoms with van der Waals surface area (Å²) in [7, 11) is 0. The van der Waals surface area contributed by atoms with E-state index in [1.165, 1.54) is 24.3 Å². The number of benzene rings is 2. The summed E-state index contributed by atoms with van der Waals surface area (Å²) in [6.45, 7) is 0. The van der Waals surface area contributed by atoms with Gasteiger partial charge in [0.15, 0.2) is 0 Å². The maximum atomic E-state index is 13.5. The second-order valence-corrected chi connectivity index (χ2v) is 4.44. The van der Waals surface area contributed by atoms with Crippen molar-refractivity contribution in [3.8, 4) is 11.8 Å². The van der Waals surface area contributed by atoms with Crippen LogP contribution in [0.1, 0.15) is 0 Å². The molecule has 0 spiro atoms. The van der Waals surface area contributed by atoms with Gasteiger partial charge in [-0.2, -0.15) is 5.26 Å². The lowest BCUT2D eigenvalue weighted by Crippen LogP contribution is -2.14. The fraction of sp³-hybridized carbons (Fsp3) is 0. The number of anilines is 2. The minimum Gasteiger partial charge on any atom is -0.508 e. The summed E-state index contributed by atoms with van der Waals surface area (Å²) in [5.41, 5.74) is -0.106. The minimum atomic E-state index is -0.855. The summed E-state index contributed by atoms with van der Waals surface area (Å²) in [5, 5.41) is 23.2. The first-order valence-corrected chi connectivity index (χ1v) is 6.42. The number of phenols is 1. The second-order valence-electron chi connectivity index (χ2n) is 4.44. The van der Waals surface area contributed by atoms with Gasteiger partial charge in [0.2, 0.25) is 0 Å². The monoisotopic (exact) mass is 315 g/mol. The molecule has 0 aliphatic rings. The zero-order valence-corrected chi connectivity index (χ0v) is 11.7. The van der Waals surface area contributed by atoms with Crippen molar-refractivity contribution in [1.82, 2.24) is 0 Å². The average molecular weight is 315 g/mol. The number of carbonyl (C=O) groups excluding carboxylic acids is 1. The van der Waals surface area contributed by atoms with Gasteiger partial charge in [-0.25, -0.2) is 8.78 Å². The third-order valence-corrected chi connectivity index (χ3v) is 2.77. The lowest BCUT2D eigenvalue weighted by atomic mass is 10.2. The van der Waals surface area contributed by atoms with E-state index >= 15 is 0 Å². The number of hydrogen-bond acceptors (Lipinski definition) is 4. The Morgan fingerprint density at radius 2 is 2.00 bits per heavy atom. The molecule has 0 unspecified atom stereocenters. The molecule has 5 nitrogen and oxygen atoms in total. The van der Waals surface area contributed by atoms with Gasteiger partial charge in [0.1, 0.15) is 29.0 Å². The zero-order chi connectivity index (χ0) is 16.8. The summed E-state index contributed by atoms with van der Waals surface area (Å²) in [5.74, 6) is -2.38. The largest absolute Gasteiger partial charge is 0.508 e. The summed E-state index contributed by atoms with van der Waals surface area (Å²) in [6.07, 6.45) is 1.01. The van der Waals surface area contributed by atoms with E-state index in [0.717, 1.165) is 18.3 Å². The molecule has 0 atom stereocenters. The quantitative estimate of drug-likeness (QED) is 0.598. The lowest BCUT2D eigenvalue weighted by Gasteiger charge is -2.06. The third kappa shape index (κ3) is 4.28. The highest BCUT2D eigenvalue weighted by atomic mass is 19.1. The maximum Gasteiger partial charge on any atom is 0.267 e. The predicted molar refractivity (Wildman–Crippen MR) is 80.4 cm³/mol. The number of amides is 1. The summed E-state index contributed by atoms with van der Waals surface area (Å²) < 4.78 is 26.2. The number of nitriles is 1. The fourth-order valence-corrected chi connectivity index (χ4v) is 1.69. The second kappa shape index (κ2) is 7.04. The molecule has 2 aromatic rings. The van der Waals surface area contributed by atoms with Gasteiger partial charge in [-0.3, -0.25) is 4.79 Å². The van der Waals surface area contributed by atoms with Crippen molar-refractivity contribution in [2.75, 3.05) is 10.6 Å². The number of nitrogens with one attached hydrogen (secondary N) is 2. The van der Waals surface area contributed by atoms with E-state index in [0.29, 0.717) is 11.8 Å². The Morgan fingerprint density at radius 3 is 2.65 bits per heavy atom. The van der Waals surface area contributed by atoms with Crippen LogP contribution in [-0.2, 0) is 4.79 Å². The highest BCUT2D eigenvalue weighted by molar-refractivity contribution is 6.06. The number of carbonyl (C=O) groups is 1. The Balaban J connectivity index is 2.12. The number of aromatic hydroxyl groups is 1. The highest BCUT2D eigenvalue weighted by Gasteiger charge is 2.10. The molecule has 0 aliphatic heterocycles. The van der Waals surface area contributed by atoms with E-state index in [1.807, 2.05) is 0 Å². The summed E-state index contributed by atoms with van der Waals surface area (Å²) in [6, 6.07) is 10.3. The van der Waals surface area contributed by atoms with E-state index in [2.05, 4.69) is 10.6 Å². The first-order chi connectivity index (χ1) is 11.0. The van der Waals surface area contributed by atoms with Crippen LogP contribution < -0.4 is 10.6 Å². The first-order valence-electron chi connectivity index (χ1n) is 6.42. The van der Waals surface area contributed by atoms with Gasteiger partial charge < -0.3 is 15.7 Å². The lowest BCUT2D eigenvalue weighted by molar-refractivity contribution is -0.112. The Kier molecular flexibility index (Phi) is 4.89. The van der Waals surface area contributed by atoms with Crippen molar-refractivity contribution in [2.45, 2.75) is 0 Å². The van der Waals surface area contributed by atoms with Gasteiger partial charge in [-0.05, 0) is 24.3 Å². The Hall–Kier alpha value is -3.40. The topological polar surface area (TPSA) is 85.2 Å². The summed E-state index contributed by atoms with van der Waals surface area (Å²) >= 11 is 0. The van der Waals surface area contributed by atoms with Crippen molar-refractivity contribution >= 4 is 17.3 Å². The first kappa shape index (κ1) is 16.0. The van der Waals surface area contributed by atoms with Gasteiger partial charge in [-0.1, -0.05) is 6.07 Å². The van der Waals surface area contributed by atoms with Crippen LogP contribution in [0.2, 0.25) is 0 Å². The Morgan fingerprint density at radius 1 is 1.22 bits per heavy atom. The Labute approximate surface area is 130 Å². The van der Waals surface area contributed by atoms with Crippen LogP contribution in [0.4, 0.5) is 20.2 Å². The zero-order valence-electron chi connectivity index (χ0n) is 11.7. The third-order valence-electron chi connectivity index (χ3n) is 2.77. The number of phenolic OH excluding ortho intramolecular Hbond substituents is 1. The molecule has 3 N–H and O–H groups in total. The van der Waals surface area contributed by atoms with Crippen molar-refractivity contribution in [3.05, 3.63) is 65.9 Å². The van der Waals surface area contributed by atoms with Crippen LogP contribution in [0, 0.1) is 23.0 Å². The molecule has 0 fully saturated rings. The molecule has 0 radical (unpaired) electrons. The predicted octanol–water partition coefficient (Wildman–Crippen LogP) is 3.13. The van der Waals surface area contributed by atoms with Gasteiger partial charge in [-0.15, -0.1) is 0 Å². The molecule has 0 saturated heterocycles. The van der Waals surface area contributed by atoms with Crippen LogP contribution >= 0.6 is 0 Å². The van der Waals surface area contributed by atoms with Crippen molar-refractivity contribution in [3.63, 3.8) is 0 Å². The fourth-order valence-electron chi connectivity index (χ4n) is 1.69. The standard InChI is InChI=1S/C16H11F2N3O2/c17-11-4-5-15(14(18)6-11)20-9-10(8-19)16(23)21-12-2-1-3-13(22)7-12/h1-7,9,20,22H,(H,21,23)/b10-9-. The number of rotatable bonds is 4. The van der Waals surface area contributed by atoms with Crippen LogP contribution in [0.5, 0.6) is 5.75 Å². The molecule has 116 valence electrons. The molecule has 1 amide bonds. The van der Waals surface area contributed by atoms with Crippen LogP contribution in [0.15, 0.2) is 54.2 Å². The molecule has 7 heteroatoms. The van der Waals surface area contributed by atoms with Crippen LogP contribution in [-0.4, -0.2) is 11.0 Å². The molecule has 0 heterocycles. The van der Waals surface area contributed by atoms with Gasteiger partial charge in [0.05, 0.1) is 5.69 Å². The van der Waals surface area contributed by atoms with Gasteiger partial charge in [0, 0.05) is 24.0 Å². The minimum absolute atomic E-state index is 0.0446. The van der Waals surface area contributed by atoms with E-state index in [9.17, 15) is 18.7 Å². The van der Waals surface area contributed by atoms with Crippen molar-refractivity contribution in [2.24, 2.45) is 0 Å². The molecular weight excluding hydrogens is 304 g/mol. The average Bonchev–Trinajstić information content (AvgIpc) is 2.49. The SMILES string of the molecule is N#C/C(=C/Nc1ccc(F)cc1F)C(=O)Nc1cccc(O)c1. The number of halogens is 2. The van der Waals surface area contributed by atoms with E-state index < -0.39 is 17.5 Å². The van der Waals surface area contributed by atoms with E-state index in [-0.39, 0.29) is 17.0 Å². The normalized spacial score (nSPS) is 10.7. The smallest absolute Gasteiger partial charge is 0.267 e. The van der Waals surface area contributed by atoms with Crippen molar-refractivity contribution in [1.29, 1.82) is 5.26 Å². The highest BCUT2D eigenvalue weighted by Crippen LogP contribution is 2.17.